The van der Waals surface area contributed by atoms with E-state index in [2.05, 4.69) is 48.8 Å². The molecule has 32 heavy (non-hydrogen) atoms. The summed E-state index contributed by atoms with van der Waals surface area (Å²) < 4.78 is 0.755. The molecule has 0 unspecified atom stereocenters. The highest BCUT2D eigenvalue weighted by Crippen LogP contribution is 2.23. The van der Waals surface area contributed by atoms with Gasteiger partial charge in [0.1, 0.15) is 17.5 Å². The molecule has 160 valence electrons. The number of carbonyl (C=O) groups is 1. The minimum Gasteiger partial charge on any atom is -0.340 e. The summed E-state index contributed by atoms with van der Waals surface area (Å²) in [7, 11) is 0. The first-order valence-corrected chi connectivity index (χ1v) is 10.9. The van der Waals surface area contributed by atoms with E-state index in [-0.39, 0.29) is 5.91 Å². The molecule has 0 aliphatic carbocycles. The number of hydrogen-bond acceptors (Lipinski definition) is 5. The summed E-state index contributed by atoms with van der Waals surface area (Å²) in [4.78, 5) is 21.4. The topological polar surface area (TPSA) is 78.9 Å². The summed E-state index contributed by atoms with van der Waals surface area (Å²) in [5.74, 6) is 1.87. The van der Waals surface area contributed by atoms with Crippen LogP contribution in [0.3, 0.4) is 0 Å². The molecule has 0 saturated carbocycles. The number of nitrogens with one attached hydrogen (secondary N) is 3. The molecule has 0 saturated heterocycles. The van der Waals surface area contributed by atoms with Gasteiger partial charge in [-0.2, -0.15) is 0 Å². The Labute approximate surface area is 195 Å². The number of aromatic nitrogens is 2. The van der Waals surface area contributed by atoms with Crippen molar-refractivity contribution in [3.63, 3.8) is 0 Å². The molecule has 0 fully saturated rings. The maximum Gasteiger partial charge on any atom is 0.256 e. The van der Waals surface area contributed by atoms with Crippen LogP contribution >= 0.6 is 15.9 Å². The molecule has 0 radical (unpaired) electrons. The summed E-state index contributed by atoms with van der Waals surface area (Å²) in [6.07, 6.45) is 0. The van der Waals surface area contributed by atoms with Crippen LogP contribution in [-0.4, -0.2) is 15.9 Å². The van der Waals surface area contributed by atoms with Gasteiger partial charge in [0.25, 0.3) is 5.91 Å². The number of halogens is 1. The third-order valence-electron chi connectivity index (χ3n) is 4.70. The standard InChI is InChI=1S/C25H22BrN5O/c1-16-7-9-18(10-8-16)29-23-15-24(28-17(2)27-23)30-19-11-13-20(14-12-19)31-25(32)21-5-3-4-6-22(21)26/h3-15H,1-2H3,(H,31,32)(H2,27,28,29,30). The molecule has 1 heterocycles. The van der Waals surface area contributed by atoms with E-state index in [0.29, 0.717) is 28.7 Å². The summed E-state index contributed by atoms with van der Waals surface area (Å²) in [6, 6.07) is 24.8. The Hall–Kier alpha value is -3.71. The number of carbonyl (C=O) groups excluding carboxylic acids is 1. The van der Waals surface area contributed by atoms with Gasteiger partial charge in [-0.3, -0.25) is 4.79 Å². The molecular formula is C25H22BrN5O. The number of hydrogen-bond donors (Lipinski definition) is 3. The van der Waals surface area contributed by atoms with E-state index in [1.54, 1.807) is 6.07 Å². The van der Waals surface area contributed by atoms with Crippen LogP contribution in [0.25, 0.3) is 0 Å². The van der Waals surface area contributed by atoms with Gasteiger partial charge < -0.3 is 16.0 Å². The molecule has 0 spiro atoms. The summed E-state index contributed by atoms with van der Waals surface area (Å²) in [5.41, 5.74) is 4.30. The van der Waals surface area contributed by atoms with Gasteiger partial charge in [-0.25, -0.2) is 9.97 Å². The van der Waals surface area contributed by atoms with Gasteiger partial charge in [0.15, 0.2) is 0 Å². The van der Waals surface area contributed by atoms with E-state index in [1.807, 2.05) is 79.7 Å². The zero-order valence-corrected chi connectivity index (χ0v) is 19.3. The van der Waals surface area contributed by atoms with Gasteiger partial charge in [-0.05, 0) is 78.3 Å². The second kappa shape index (κ2) is 9.62. The van der Waals surface area contributed by atoms with Gasteiger partial charge in [-0.1, -0.05) is 29.8 Å². The Bertz CT molecular complexity index is 1240. The SMILES string of the molecule is Cc1ccc(Nc2cc(Nc3ccc(NC(=O)c4ccccc4Br)cc3)nc(C)n2)cc1. The number of nitrogens with zero attached hydrogens (tertiary/aromatic N) is 2. The summed E-state index contributed by atoms with van der Waals surface area (Å²) in [5, 5.41) is 9.50. The zero-order chi connectivity index (χ0) is 22.5. The highest BCUT2D eigenvalue weighted by atomic mass is 79.9. The van der Waals surface area contributed by atoms with Crippen molar-refractivity contribution in [1.82, 2.24) is 9.97 Å². The lowest BCUT2D eigenvalue weighted by Crippen LogP contribution is -2.12. The van der Waals surface area contributed by atoms with Crippen molar-refractivity contribution in [1.29, 1.82) is 0 Å². The number of anilines is 5. The second-order valence-electron chi connectivity index (χ2n) is 7.31. The molecular weight excluding hydrogens is 466 g/mol. The third kappa shape index (κ3) is 5.50. The average molecular weight is 488 g/mol. The van der Waals surface area contributed by atoms with Crippen molar-refractivity contribution in [3.05, 3.63) is 100 Å². The van der Waals surface area contributed by atoms with Gasteiger partial charge >= 0.3 is 0 Å². The molecule has 7 heteroatoms. The van der Waals surface area contributed by atoms with Crippen molar-refractivity contribution in [2.45, 2.75) is 13.8 Å². The molecule has 4 rings (SSSR count). The van der Waals surface area contributed by atoms with Crippen molar-refractivity contribution >= 4 is 50.5 Å². The second-order valence-corrected chi connectivity index (χ2v) is 8.17. The van der Waals surface area contributed by atoms with Gasteiger partial charge in [0, 0.05) is 27.6 Å². The minimum absolute atomic E-state index is 0.170. The van der Waals surface area contributed by atoms with Crippen LogP contribution in [0.2, 0.25) is 0 Å². The van der Waals surface area contributed by atoms with Gasteiger partial charge in [0.2, 0.25) is 0 Å². The Balaban J connectivity index is 1.44. The maximum absolute atomic E-state index is 12.5. The first-order chi connectivity index (χ1) is 15.5. The Kier molecular flexibility index (Phi) is 6.47. The Morgan fingerprint density at radius 2 is 1.28 bits per heavy atom. The lowest BCUT2D eigenvalue weighted by molar-refractivity contribution is 0.102. The van der Waals surface area contributed by atoms with E-state index in [0.717, 1.165) is 15.8 Å². The van der Waals surface area contributed by atoms with Gasteiger partial charge in [0.05, 0.1) is 5.56 Å². The number of amides is 1. The largest absolute Gasteiger partial charge is 0.340 e. The van der Waals surface area contributed by atoms with Crippen molar-refractivity contribution in [3.8, 4) is 0 Å². The summed E-state index contributed by atoms with van der Waals surface area (Å²) >= 11 is 3.41. The predicted octanol–water partition coefficient (Wildman–Crippen LogP) is 6.60. The number of aryl methyl sites for hydroxylation is 2. The Morgan fingerprint density at radius 3 is 1.88 bits per heavy atom. The molecule has 1 amide bonds. The van der Waals surface area contributed by atoms with Crippen molar-refractivity contribution < 1.29 is 4.79 Å². The normalized spacial score (nSPS) is 10.5. The van der Waals surface area contributed by atoms with Crippen LogP contribution < -0.4 is 16.0 Å². The first kappa shape index (κ1) is 21.5. The van der Waals surface area contributed by atoms with Crippen LogP contribution in [0.5, 0.6) is 0 Å². The quantitative estimate of drug-likeness (QED) is 0.285. The fourth-order valence-electron chi connectivity index (χ4n) is 3.11. The van der Waals surface area contributed by atoms with Crippen molar-refractivity contribution in [2.75, 3.05) is 16.0 Å². The molecule has 6 nitrogen and oxygen atoms in total. The fraction of sp³-hybridized carbons (Fsp3) is 0.0800. The first-order valence-electron chi connectivity index (χ1n) is 10.1. The Morgan fingerprint density at radius 1 is 0.750 bits per heavy atom. The van der Waals surface area contributed by atoms with Crippen molar-refractivity contribution in [2.24, 2.45) is 0 Å². The lowest BCUT2D eigenvalue weighted by atomic mass is 10.2. The van der Waals surface area contributed by atoms with E-state index >= 15 is 0 Å². The number of benzene rings is 3. The molecule has 0 atom stereocenters. The highest BCUT2D eigenvalue weighted by Gasteiger charge is 2.09. The summed E-state index contributed by atoms with van der Waals surface area (Å²) in [6.45, 7) is 3.91. The third-order valence-corrected chi connectivity index (χ3v) is 5.39. The molecule has 3 aromatic carbocycles. The monoisotopic (exact) mass is 487 g/mol. The molecule has 0 bridgehead atoms. The molecule has 0 aliphatic heterocycles. The predicted molar refractivity (Wildman–Crippen MR) is 133 cm³/mol. The molecule has 4 aromatic rings. The van der Waals surface area contributed by atoms with Crippen LogP contribution in [0.4, 0.5) is 28.7 Å². The average Bonchev–Trinajstić information content (AvgIpc) is 2.76. The molecule has 0 aliphatic rings. The van der Waals surface area contributed by atoms with Crippen LogP contribution in [0.15, 0.2) is 83.3 Å². The van der Waals surface area contributed by atoms with Crippen LogP contribution in [-0.2, 0) is 0 Å². The van der Waals surface area contributed by atoms with E-state index in [4.69, 9.17) is 0 Å². The van der Waals surface area contributed by atoms with Crippen LogP contribution in [0.1, 0.15) is 21.7 Å². The van der Waals surface area contributed by atoms with E-state index in [1.165, 1.54) is 5.56 Å². The van der Waals surface area contributed by atoms with E-state index in [9.17, 15) is 4.79 Å². The van der Waals surface area contributed by atoms with E-state index < -0.39 is 0 Å². The molecule has 1 aromatic heterocycles. The van der Waals surface area contributed by atoms with Gasteiger partial charge in [-0.15, -0.1) is 0 Å². The lowest BCUT2D eigenvalue weighted by Gasteiger charge is -2.11. The fourth-order valence-corrected chi connectivity index (χ4v) is 3.57. The smallest absolute Gasteiger partial charge is 0.256 e. The molecule has 3 N–H and O–H groups in total. The minimum atomic E-state index is -0.170. The zero-order valence-electron chi connectivity index (χ0n) is 17.7. The maximum atomic E-state index is 12.5. The van der Waals surface area contributed by atoms with Crippen LogP contribution in [0, 0.1) is 13.8 Å². The highest BCUT2D eigenvalue weighted by molar-refractivity contribution is 9.10. The number of rotatable bonds is 6.